The summed E-state index contributed by atoms with van der Waals surface area (Å²) in [5, 5.41) is 0. The van der Waals surface area contributed by atoms with Gasteiger partial charge in [-0.2, -0.15) is 4.31 Å². The SMILES string of the molecule is COC(=O)c1ccccc1S(=O)(=O)N1CCC(C(=O)O[C@H]2C[C@H](C)OC2=O)CC1. The van der Waals surface area contributed by atoms with Gasteiger partial charge in [0.25, 0.3) is 0 Å². The molecule has 0 saturated carbocycles. The summed E-state index contributed by atoms with van der Waals surface area (Å²) in [6.45, 7) is 1.92. The number of cyclic esters (lactones) is 1. The number of benzene rings is 1. The molecule has 10 heteroatoms. The fourth-order valence-corrected chi connectivity index (χ4v) is 5.14. The van der Waals surface area contributed by atoms with E-state index in [1.165, 1.54) is 29.6 Å². The van der Waals surface area contributed by atoms with Gasteiger partial charge in [0.15, 0.2) is 0 Å². The number of rotatable bonds is 5. The number of nitrogens with zero attached hydrogens (tertiary/aromatic N) is 1. The number of hydrogen-bond donors (Lipinski definition) is 0. The monoisotopic (exact) mass is 425 g/mol. The lowest BCUT2D eigenvalue weighted by atomic mass is 9.98. The highest BCUT2D eigenvalue weighted by molar-refractivity contribution is 7.89. The molecule has 0 radical (unpaired) electrons. The summed E-state index contributed by atoms with van der Waals surface area (Å²) in [5.74, 6) is -2.31. The predicted octanol–water partition coefficient (Wildman–Crippen LogP) is 1.12. The number of piperidine rings is 1. The molecular formula is C19H23NO8S. The van der Waals surface area contributed by atoms with E-state index in [1.54, 1.807) is 13.0 Å². The van der Waals surface area contributed by atoms with E-state index in [1.807, 2.05) is 0 Å². The van der Waals surface area contributed by atoms with Gasteiger partial charge >= 0.3 is 17.9 Å². The number of carbonyl (C=O) groups excluding carboxylic acids is 3. The van der Waals surface area contributed by atoms with Crippen molar-refractivity contribution >= 4 is 27.9 Å². The number of hydrogen-bond acceptors (Lipinski definition) is 8. The van der Waals surface area contributed by atoms with Gasteiger partial charge in [-0.15, -0.1) is 0 Å². The van der Waals surface area contributed by atoms with Crippen LogP contribution in [0.1, 0.15) is 36.5 Å². The molecule has 0 aromatic heterocycles. The number of ether oxygens (including phenoxy) is 3. The van der Waals surface area contributed by atoms with Gasteiger partial charge in [-0.05, 0) is 31.9 Å². The molecule has 2 atom stereocenters. The second-order valence-corrected chi connectivity index (χ2v) is 8.98. The Morgan fingerprint density at radius 3 is 2.41 bits per heavy atom. The molecule has 0 N–H and O–H groups in total. The van der Waals surface area contributed by atoms with E-state index in [0.29, 0.717) is 6.42 Å². The molecule has 158 valence electrons. The Labute approximate surface area is 169 Å². The zero-order valence-electron chi connectivity index (χ0n) is 16.2. The maximum absolute atomic E-state index is 13.0. The molecule has 2 fully saturated rings. The molecule has 0 bridgehead atoms. The number of carbonyl (C=O) groups is 3. The first-order valence-electron chi connectivity index (χ1n) is 9.32. The van der Waals surface area contributed by atoms with Gasteiger partial charge in [0.2, 0.25) is 16.1 Å². The minimum atomic E-state index is -3.93. The lowest BCUT2D eigenvalue weighted by Crippen LogP contribution is -2.41. The van der Waals surface area contributed by atoms with Crippen molar-refractivity contribution in [3.63, 3.8) is 0 Å². The van der Waals surface area contributed by atoms with E-state index in [9.17, 15) is 22.8 Å². The molecule has 2 aliphatic heterocycles. The van der Waals surface area contributed by atoms with E-state index < -0.39 is 40.0 Å². The molecule has 2 saturated heterocycles. The molecule has 0 aliphatic carbocycles. The fraction of sp³-hybridized carbons (Fsp3) is 0.526. The fourth-order valence-electron chi connectivity index (χ4n) is 3.49. The van der Waals surface area contributed by atoms with Crippen LogP contribution in [-0.2, 0) is 33.8 Å². The van der Waals surface area contributed by atoms with Crippen molar-refractivity contribution in [1.82, 2.24) is 4.31 Å². The van der Waals surface area contributed by atoms with Gasteiger partial charge < -0.3 is 14.2 Å². The van der Waals surface area contributed by atoms with Crippen LogP contribution in [0.15, 0.2) is 29.2 Å². The second kappa shape index (κ2) is 8.50. The van der Waals surface area contributed by atoms with Crippen LogP contribution in [-0.4, -0.2) is 63.0 Å². The van der Waals surface area contributed by atoms with Crippen molar-refractivity contribution in [3.8, 4) is 0 Å². The maximum Gasteiger partial charge on any atom is 0.347 e. The van der Waals surface area contributed by atoms with Crippen molar-refractivity contribution in [3.05, 3.63) is 29.8 Å². The minimum Gasteiger partial charge on any atom is -0.465 e. The third kappa shape index (κ3) is 4.43. The third-order valence-electron chi connectivity index (χ3n) is 5.08. The first kappa shape index (κ1) is 21.3. The van der Waals surface area contributed by atoms with E-state index in [2.05, 4.69) is 4.74 Å². The van der Waals surface area contributed by atoms with E-state index in [4.69, 9.17) is 9.47 Å². The molecule has 2 heterocycles. The summed E-state index contributed by atoms with van der Waals surface area (Å²) in [7, 11) is -2.74. The van der Waals surface area contributed by atoms with Gasteiger partial charge in [0, 0.05) is 19.5 Å². The summed E-state index contributed by atoms with van der Waals surface area (Å²) in [6, 6.07) is 5.84. The van der Waals surface area contributed by atoms with Gasteiger partial charge in [0.1, 0.15) is 6.10 Å². The third-order valence-corrected chi connectivity index (χ3v) is 7.04. The van der Waals surface area contributed by atoms with Crippen molar-refractivity contribution in [2.75, 3.05) is 20.2 Å². The summed E-state index contributed by atoms with van der Waals surface area (Å²) < 4.78 is 42.1. The van der Waals surface area contributed by atoms with Gasteiger partial charge in [-0.3, -0.25) is 4.79 Å². The molecule has 0 unspecified atom stereocenters. The Kier molecular flexibility index (Phi) is 6.23. The Bertz CT molecular complexity index is 905. The van der Waals surface area contributed by atoms with Gasteiger partial charge in [-0.1, -0.05) is 12.1 Å². The average molecular weight is 425 g/mol. The van der Waals surface area contributed by atoms with Gasteiger partial charge in [0.05, 0.1) is 23.5 Å². The summed E-state index contributed by atoms with van der Waals surface area (Å²) in [4.78, 5) is 35.8. The quantitative estimate of drug-likeness (QED) is 0.509. The summed E-state index contributed by atoms with van der Waals surface area (Å²) >= 11 is 0. The second-order valence-electron chi connectivity index (χ2n) is 7.07. The molecule has 0 amide bonds. The predicted molar refractivity (Wildman–Crippen MR) is 99.3 cm³/mol. The number of esters is 3. The van der Waals surface area contributed by atoms with Crippen LogP contribution in [0.25, 0.3) is 0 Å². The Hall–Kier alpha value is -2.46. The molecule has 2 aliphatic rings. The van der Waals surface area contributed by atoms with Crippen molar-refractivity contribution < 1.29 is 37.0 Å². The van der Waals surface area contributed by atoms with E-state index >= 15 is 0 Å². The van der Waals surface area contributed by atoms with Crippen LogP contribution in [0, 0.1) is 5.92 Å². The molecule has 9 nitrogen and oxygen atoms in total. The minimum absolute atomic E-state index is 0.0367. The highest BCUT2D eigenvalue weighted by Gasteiger charge is 2.39. The number of sulfonamides is 1. The van der Waals surface area contributed by atoms with Crippen molar-refractivity contribution in [2.24, 2.45) is 5.92 Å². The lowest BCUT2D eigenvalue weighted by molar-refractivity contribution is -0.164. The van der Waals surface area contributed by atoms with Crippen LogP contribution in [0.5, 0.6) is 0 Å². The van der Waals surface area contributed by atoms with E-state index in [-0.39, 0.29) is 42.5 Å². The lowest BCUT2D eigenvalue weighted by Gasteiger charge is -2.30. The zero-order valence-corrected chi connectivity index (χ0v) is 17.0. The Morgan fingerprint density at radius 1 is 1.17 bits per heavy atom. The molecule has 3 rings (SSSR count). The highest BCUT2D eigenvalue weighted by atomic mass is 32.2. The molecule has 1 aromatic carbocycles. The van der Waals surface area contributed by atoms with Crippen LogP contribution in [0.4, 0.5) is 0 Å². The normalized spacial score (nSPS) is 23.4. The van der Waals surface area contributed by atoms with E-state index in [0.717, 1.165) is 0 Å². The first-order valence-corrected chi connectivity index (χ1v) is 10.8. The van der Waals surface area contributed by atoms with Crippen LogP contribution >= 0.6 is 0 Å². The Balaban J connectivity index is 1.65. The van der Waals surface area contributed by atoms with Crippen LogP contribution in [0.2, 0.25) is 0 Å². The topological polar surface area (TPSA) is 116 Å². The smallest absolute Gasteiger partial charge is 0.347 e. The molecule has 29 heavy (non-hydrogen) atoms. The average Bonchev–Trinajstić information content (AvgIpc) is 3.04. The largest absolute Gasteiger partial charge is 0.465 e. The molecular weight excluding hydrogens is 402 g/mol. The molecule has 0 spiro atoms. The summed E-state index contributed by atoms with van der Waals surface area (Å²) in [6.07, 6.45) is -0.346. The van der Waals surface area contributed by atoms with Gasteiger partial charge in [-0.25, -0.2) is 18.0 Å². The summed E-state index contributed by atoms with van der Waals surface area (Å²) in [5.41, 5.74) is -0.0367. The van der Waals surface area contributed by atoms with Crippen molar-refractivity contribution in [1.29, 1.82) is 0 Å². The Morgan fingerprint density at radius 2 is 1.83 bits per heavy atom. The highest BCUT2D eigenvalue weighted by Crippen LogP contribution is 2.28. The maximum atomic E-state index is 13.0. The van der Waals surface area contributed by atoms with Crippen LogP contribution in [0.3, 0.4) is 0 Å². The molecule has 1 aromatic rings. The van der Waals surface area contributed by atoms with Crippen LogP contribution < -0.4 is 0 Å². The standard InChI is InChI=1S/C19H23NO8S/c1-12-11-15(19(23)27-12)28-17(21)13-7-9-20(10-8-13)29(24,25)16-6-4-3-5-14(16)18(22)26-2/h3-6,12-13,15H,7-11H2,1-2H3/t12-,15-/m0/s1. The first-order chi connectivity index (χ1) is 13.7. The van der Waals surface area contributed by atoms with Crippen molar-refractivity contribution in [2.45, 2.75) is 43.3 Å². The zero-order chi connectivity index (χ0) is 21.2. The number of methoxy groups -OCH3 is 1.